The third kappa shape index (κ3) is 7.69. The van der Waals surface area contributed by atoms with E-state index in [1.165, 1.54) is 42.0 Å². The maximum absolute atomic E-state index is 13.9. The molecule has 0 N–H and O–H groups in total. The first-order valence-corrected chi connectivity index (χ1v) is 16.1. The van der Waals surface area contributed by atoms with Gasteiger partial charge in [-0.3, -0.25) is 14.6 Å². The second-order valence-corrected chi connectivity index (χ2v) is 13.0. The summed E-state index contributed by atoms with van der Waals surface area (Å²) in [6, 6.07) is 10.3. The van der Waals surface area contributed by atoms with E-state index < -0.39 is 10.0 Å². The van der Waals surface area contributed by atoms with Crippen molar-refractivity contribution in [2.24, 2.45) is 0 Å². The number of amides is 1. The molecular weight excluding hydrogens is 564 g/mol. The van der Waals surface area contributed by atoms with E-state index >= 15 is 0 Å². The number of carbonyl (C=O) groups is 1. The molecule has 1 saturated heterocycles. The first-order chi connectivity index (χ1) is 19.8. The number of aromatic nitrogens is 1. The molecule has 1 aromatic heterocycles. The molecule has 0 aliphatic carbocycles. The summed E-state index contributed by atoms with van der Waals surface area (Å²) in [5, 5.41) is 0.641. The van der Waals surface area contributed by atoms with Gasteiger partial charge in [-0.05, 0) is 61.7 Å². The number of hydrogen-bond acceptors (Lipinski definition) is 9. The molecule has 2 aromatic carbocycles. The summed E-state index contributed by atoms with van der Waals surface area (Å²) in [5.41, 5.74) is 3.57. The van der Waals surface area contributed by atoms with E-state index in [0.29, 0.717) is 17.2 Å². The van der Waals surface area contributed by atoms with Crippen molar-refractivity contribution in [2.75, 3.05) is 84.8 Å². The maximum atomic E-state index is 13.9. The van der Waals surface area contributed by atoms with Crippen LogP contribution < -0.4 is 4.90 Å². The van der Waals surface area contributed by atoms with Crippen molar-refractivity contribution in [3.05, 3.63) is 53.1 Å². The molecule has 1 fully saturated rings. The van der Waals surface area contributed by atoms with Gasteiger partial charge < -0.3 is 14.2 Å². The van der Waals surface area contributed by atoms with Crippen LogP contribution in [0.3, 0.4) is 0 Å². The van der Waals surface area contributed by atoms with Crippen LogP contribution in [0.1, 0.15) is 27.9 Å². The van der Waals surface area contributed by atoms with Gasteiger partial charge in [0, 0.05) is 59.1 Å². The first kappa shape index (κ1) is 31.5. The Hall–Kier alpha value is -2.45. The number of methoxy groups -OCH3 is 2. The predicted molar refractivity (Wildman–Crippen MR) is 162 cm³/mol. The number of anilines is 1. The Kier molecular flexibility index (Phi) is 11.2. The number of benzene rings is 2. The fourth-order valence-corrected chi connectivity index (χ4v) is 7.16. The number of carbonyl (C=O) groups excluding carboxylic acids is 1. The lowest BCUT2D eigenvalue weighted by Gasteiger charge is -2.27. The zero-order valence-corrected chi connectivity index (χ0v) is 25.9. The number of hydrogen-bond donors (Lipinski definition) is 0. The topological polar surface area (TPSA) is 102 Å². The zero-order chi connectivity index (χ0) is 29.4. The Labute approximate surface area is 246 Å². The molecule has 1 aliphatic rings. The molecule has 0 spiro atoms. The minimum atomic E-state index is -3.79. The van der Waals surface area contributed by atoms with Crippen LogP contribution in [0.5, 0.6) is 0 Å². The molecule has 0 radical (unpaired) electrons. The van der Waals surface area contributed by atoms with E-state index in [2.05, 4.69) is 17.9 Å². The van der Waals surface area contributed by atoms with Crippen LogP contribution in [0.2, 0.25) is 0 Å². The molecule has 41 heavy (non-hydrogen) atoms. The van der Waals surface area contributed by atoms with Gasteiger partial charge in [0.05, 0.1) is 41.5 Å². The molecule has 1 aliphatic heterocycles. The number of ether oxygens (including phenoxy) is 3. The molecule has 2 heterocycles. The Morgan fingerprint density at radius 1 is 1.00 bits per heavy atom. The number of sulfonamides is 1. The van der Waals surface area contributed by atoms with Crippen LogP contribution >= 0.6 is 11.3 Å². The van der Waals surface area contributed by atoms with Crippen LogP contribution in [0.4, 0.5) is 5.13 Å². The highest BCUT2D eigenvalue weighted by Gasteiger charge is 2.26. The van der Waals surface area contributed by atoms with Gasteiger partial charge in [-0.25, -0.2) is 13.4 Å². The lowest BCUT2D eigenvalue weighted by molar-refractivity contribution is 0.0376. The first-order valence-electron chi connectivity index (χ1n) is 13.8. The van der Waals surface area contributed by atoms with Crippen molar-refractivity contribution in [2.45, 2.75) is 25.2 Å². The fraction of sp³-hybridized carbons (Fsp3) is 0.517. The van der Waals surface area contributed by atoms with Gasteiger partial charge in [0.1, 0.15) is 0 Å². The monoisotopic (exact) mass is 604 g/mol. The average molecular weight is 605 g/mol. The molecule has 10 nitrogen and oxygen atoms in total. The Morgan fingerprint density at radius 2 is 1.66 bits per heavy atom. The molecule has 4 rings (SSSR count). The smallest absolute Gasteiger partial charge is 0.260 e. The van der Waals surface area contributed by atoms with Gasteiger partial charge in [-0.15, -0.1) is 0 Å². The largest absolute Gasteiger partial charge is 0.383 e. The Bertz CT molecular complexity index is 1400. The SMILES string of the molecule is COCCN(CCOC)S(=O)(=O)c1ccc(C(=O)N(CCCN2CCOCC2)c2nc3c(C)c(C)ccc3s2)cc1. The summed E-state index contributed by atoms with van der Waals surface area (Å²) in [7, 11) is -0.731. The minimum absolute atomic E-state index is 0.117. The molecule has 0 atom stereocenters. The predicted octanol–water partition coefficient (Wildman–Crippen LogP) is 3.57. The molecule has 0 bridgehead atoms. The second-order valence-electron chi connectivity index (χ2n) is 10.0. The van der Waals surface area contributed by atoms with Crippen molar-refractivity contribution >= 4 is 42.6 Å². The van der Waals surface area contributed by atoms with Gasteiger partial charge >= 0.3 is 0 Å². The molecule has 12 heteroatoms. The van der Waals surface area contributed by atoms with Crippen LogP contribution in [-0.2, 0) is 24.2 Å². The highest BCUT2D eigenvalue weighted by Crippen LogP contribution is 2.33. The van der Waals surface area contributed by atoms with E-state index in [0.717, 1.165) is 60.6 Å². The van der Waals surface area contributed by atoms with E-state index in [1.807, 2.05) is 13.0 Å². The lowest BCUT2D eigenvalue weighted by atomic mass is 10.1. The van der Waals surface area contributed by atoms with Gasteiger partial charge in [-0.1, -0.05) is 17.4 Å². The van der Waals surface area contributed by atoms with Gasteiger partial charge in [0.25, 0.3) is 5.91 Å². The molecule has 1 amide bonds. The summed E-state index contributed by atoms with van der Waals surface area (Å²) in [6.45, 7) is 9.61. The standard InChI is InChI=1S/C29H40N4O6S2/c1-22-6-11-26-27(23(22)2)30-29(40-26)33(13-5-12-31-14-20-39-21-15-31)28(34)24-7-9-25(10-8-24)41(35,36)32(16-18-37-3)17-19-38-4/h6-11H,5,12-21H2,1-4H3. The molecule has 224 valence electrons. The number of morpholine rings is 1. The number of fused-ring (bicyclic) bond motifs is 1. The minimum Gasteiger partial charge on any atom is -0.383 e. The number of rotatable bonds is 14. The summed E-state index contributed by atoms with van der Waals surface area (Å²) >= 11 is 1.50. The number of thiazole rings is 1. The molecular formula is C29H40N4O6S2. The quantitative estimate of drug-likeness (QED) is 0.275. The van der Waals surface area contributed by atoms with Gasteiger partial charge in [0.15, 0.2) is 5.13 Å². The molecule has 0 unspecified atom stereocenters. The van der Waals surface area contributed by atoms with Crippen molar-refractivity contribution < 1.29 is 27.4 Å². The Morgan fingerprint density at radius 3 is 2.29 bits per heavy atom. The van der Waals surface area contributed by atoms with Crippen LogP contribution in [0.15, 0.2) is 41.3 Å². The lowest BCUT2D eigenvalue weighted by Crippen LogP contribution is -2.39. The zero-order valence-electron chi connectivity index (χ0n) is 24.3. The average Bonchev–Trinajstić information content (AvgIpc) is 3.42. The van der Waals surface area contributed by atoms with Crippen molar-refractivity contribution in [3.63, 3.8) is 0 Å². The van der Waals surface area contributed by atoms with Crippen LogP contribution in [0, 0.1) is 13.8 Å². The Balaban J connectivity index is 1.58. The number of nitrogens with zero attached hydrogens (tertiary/aromatic N) is 4. The van der Waals surface area contributed by atoms with E-state index in [9.17, 15) is 13.2 Å². The number of aryl methyl sites for hydroxylation is 2. The van der Waals surface area contributed by atoms with Gasteiger partial charge in [-0.2, -0.15) is 4.31 Å². The van der Waals surface area contributed by atoms with Crippen molar-refractivity contribution in [3.8, 4) is 0 Å². The van der Waals surface area contributed by atoms with Gasteiger partial charge in [0.2, 0.25) is 10.0 Å². The molecule has 3 aromatic rings. The summed E-state index contributed by atoms with van der Waals surface area (Å²) in [5.74, 6) is -0.208. The molecule has 0 saturated carbocycles. The second kappa shape index (κ2) is 14.6. The maximum Gasteiger partial charge on any atom is 0.260 e. The third-order valence-electron chi connectivity index (χ3n) is 7.34. The van der Waals surface area contributed by atoms with Crippen LogP contribution in [0.25, 0.3) is 10.2 Å². The highest BCUT2D eigenvalue weighted by molar-refractivity contribution is 7.89. The van der Waals surface area contributed by atoms with E-state index in [4.69, 9.17) is 19.2 Å². The van der Waals surface area contributed by atoms with Crippen LogP contribution in [-0.4, -0.2) is 108 Å². The summed E-state index contributed by atoms with van der Waals surface area (Å²) in [6.07, 6.45) is 0.778. The third-order valence-corrected chi connectivity index (χ3v) is 10.3. The van der Waals surface area contributed by atoms with E-state index in [1.54, 1.807) is 17.0 Å². The normalized spacial score (nSPS) is 14.7. The highest BCUT2D eigenvalue weighted by atomic mass is 32.2. The van der Waals surface area contributed by atoms with Crippen molar-refractivity contribution in [1.29, 1.82) is 0 Å². The van der Waals surface area contributed by atoms with Crippen molar-refractivity contribution in [1.82, 2.24) is 14.2 Å². The summed E-state index contributed by atoms with van der Waals surface area (Å²) in [4.78, 5) is 23.0. The van der Waals surface area contributed by atoms with E-state index in [-0.39, 0.29) is 37.1 Å². The summed E-state index contributed by atoms with van der Waals surface area (Å²) < 4.78 is 44.7. The fourth-order valence-electron chi connectivity index (χ4n) is 4.70.